The van der Waals surface area contributed by atoms with Gasteiger partial charge in [-0.25, -0.2) is 9.78 Å². The molecule has 142 valence electrons. The van der Waals surface area contributed by atoms with Crippen LogP contribution >= 0.6 is 23.2 Å². The number of nitrogens with one attached hydrogen (secondary N) is 1. The van der Waals surface area contributed by atoms with Crippen molar-refractivity contribution >= 4 is 51.6 Å². The zero-order valence-electron chi connectivity index (χ0n) is 14.5. The number of aromatic nitrogens is 2. The molecule has 2 aromatic rings. The fourth-order valence-electron chi connectivity index (χ4n) is 3.70. The van der Waals surface area contributed by atoms with Crippen LogP contribution in [0.15, 0.2) is 35.3 Å². The number of carbonyl (C=O) groups is 1. The molecule has 1 fully saturated rings. The molecular weight excluding hydrogens is 389 g/mol. The quantitative estimate of drug-likeness (QED) is 0.722. The second kappa shape index (κ2) is 7.07. The maximum Gasteiger partial charge on any atom is 0.333 e. The standard InChI is InChI=1S/C18H19Cl2N5O2/c19-11-4-10(18(26)27)7-25(8-11)14-6-23-17-15(14)16(13(20)5-22-17)24-3-1-2-12(21)9-24/h4-6,8,12H,1-3,7,9,21H2,(H,22,23)(H,26,27)/t12-/m1/s1. The zero-order valence-corrected chi connectivity index (χ0v) is 16.0. The number of halogens is 2. The number of nitrogens with zero attached hydrogens (tertiary/aromatic N) is 3. The number of fused-ring (bicyclic) bond motifs is 1. The molecule has 2 aromatic heterocycles. The van der Waals surface area contributed by atoms with Gasteiger partial charge in [-0.15, -0.1) is 0 Å². The van der Waals surface area contributed by atoms with Crippen molar-refractivity contribution in [2.24, 2.45) is 5.73 Å². The summed E-state index contributed by atoms with van der Waals surface area (Å²) < 4.78 is 0. The topological polar surface area (TPSA) is 98.5 Å². The van der Waals surface area contributed by atoms with Crippen molar-refractivity contribution in [2.45, 2.75) is 18.9 Å². The smallest absolute Gasteiger partial charge is 0.333 e. The second-order valence-corrected chi connectivity index (χ2v) is 7.66. The van der Waals surface area contributed by atoms with E-state index in [1.165, 1.54) is 6.08 Å². The lowest BCUT2D eigenvalue weighted by Gasteiger charge is -2.34. The van der Waals surface area contributed by atoms with Gasteiger partial charge in [0.2, 0.25) is 0 Å². The van der Waals surface area contributed by atoms with Gasteiger partial charge in [0.25, 0.3) is 0 Å². The third-order valence-electron chi connectivity index (χ3n) is 4.90. The monoisotopic (exact) mass is 407 g/mol. The first-order valence-corrected chi connectivity index (χ1v) is 9.43. The van der Waals surface area contributed by atoms with Crippen LogP contribution in [0, 0.1) is 0 Å². The van der Waals surface area contributed by atoms with E-state index in [1.54, 1.807) is 23.5 Å². The third kappa shape index (κ3) is 3.38. The van der Waals surface area contributed by atoms with Crippen molar-refractivity contribution < 1.29 is 9.90 Å². The number of rotatable bonds is 3. The van der Waals surface area contributed by atoms with Crippen LogP contribution in [0.3, 0.4) is 0 Å². The summed E-state index contributed by atoms with van der Waals surface area (Å²) >= 11 is 12.7. The SMILES string of the molecule is N[C@@H]1CCCN(c2c(Cl)cnc3[nH]cc(N4C=C(Cl)C=C(C(=O)O)C4)c23)C1. The molecule has 7 nitrogen and oxygen atoms in total. The molecule has 1 atom stereocenters. The van der Waals surface area contributed by atoms with E-state index in [0.717, 1.165) is 36.1 Å². The molecule has 4 rings (SSSR count). The average molecular weight is 408 g/mol. The van der Waals surface area contributed by atoms with E-state index in [9.17, 15) is 9.90 Å². The van der Waals surface area contributed by atoms with Gasteiger partial charge in [-0.1, -0.05) is 23.2 Å². The van der Waals surface area contributed by atoms with Crippen LogP contribution in [0.1, 0.15) is 12.8 Å². The van der Waals surface area contributed by atoms with E-state index in [-0.39, 0.29) is 18.2 Å². The molecule has 1 saturated heterocycles. The van der Waals surface area contributed by atoms with Crippen molar-refractivity contribution in [3.05, 3.63) is 40.3 Å². The second-order valence-electron chi connectivity index (χ2n) is 6.82. The molecule has 0 radical (unpaired) electrons. The highest BCUT2D eigenvalue weighted by Gasteiger charge is 2.26. The van der Waals surface area contributed by atoms with Crippen LogP contribution in [0.5, 0.6) is 0 Å². The van der Waals surface area contributed by atoms with Gasteiger partial charge in [0.1, 0.15) is 5.65 Å². The number of carboxylic acids is 1. The number of piperidine rings is 1. The molecule has 0 bridgehead atoms. The minimum Gasteiger partial charge on any atom is -0.478 e. The molecule has 9 heteroatoms. The first-order chi connectivity index (χ1) is 12.9. The first-order valence-electron chi connectivity index (χ1n) is 8.68. The Labute approximate surface area is 166 Å². The molecule has 0 spiro atoms. The molecule has 0 aliphatic carbocycles. The summed E-state index contributed by atoms with van der Waals surface area (Å²) in [4.78, 5) is 23.0. The average Bonchev–Trinajstić information content (AvgIpc) is 3.05. The lowest BCUT2D eigenvalue weighted by atomic mass is 10.0. The van der Waals surface area contributed by atoms with Gasteiger partial charge in [0.05, 0.1) is 45.1 Å². The Kier molecular flexibility index (Phi) is 4.75. The molecule has 0 aromatic carbocycles. The van der Waals surface area contributed by atoms with Crippen molar-refractivity contribution in [3.8, 4) is 0 Å². The first kappa shape index (κ1) is 18.2. The van der Waals surface area contributed by atoms with Crippen LogP contribution < -0.4 is 15.5 Å². The Morgan fingerprint density at radius 3 is 2.96 bits per heavy atom. The molecule has 0 amide bonds. The van der Waals surface area contributed by atoms with Gasteiger partial charge >= 0.3 is 5.97 Å². The lowest BCUT2D eigenvalue weighted by molar-refractivity contribution is -0.132. The van der Waals surface area contributed by atoms with Crippen LogP contribution in [0.25, 0.3) is 11.0 Å². The minimum atomic E-state index is -0.996. The Morgan fingerprint density at radius 1 is 1.41 bits per heavy atom. The van der Waals surface area contributed by atoms with Gasteiger partial charge in [-0.05, 0) is 18.9 Å². The van der Waals surface area contributed by atoms with E-state index in [4.69, 9.17) is 28.9 Å². The number of anilines is 2. The van der Waals surface area contributed by atoms with Crippen LogP contribution in [0.4, 0.5) is 11.4 Å². The third-order valence-corrected chi connectivity index (χ3v) is 5.38. The number of hydrogen-bond acceptors (Lipinski definition) is 5. The highest BCUT2D eigenvalue weighted by atomic mass is 35.5. The number of H-pyrrole nitrogens is 1. The summed E-state index contributed by atoms with van der Waals surface area (Å²) in [6.45, 7) is 1.76. The lowest BCUT2D eigenvalue weighted by Crippen LogP contribution is -2.43. The zero-order chi connectivity index (χ0) is 19.1. The molecule has 27 heavy (non-hydrogen) atoms. The summed E-state index contributed by atoms with van der Waals surface area (Å²) in [5.41, 5.74) is 8.70. The summed E-state index contributed by atoms with van der Waals surface area (Å²) in [6, 6.07) is 0.0892. The molecular formula is C18H19Cl2N5O2. The molecule has 2 aliphatic heterocycles. The molecule has 4 heterocycles. The predicted octanol–water partition coefficient (Wildman–Crippen LogP) is 3.06. The number of pyridine rings is 1. The maximum atomic E-state index is 11.4. The molecule has 0 saturated carbocycles. The Morgan fingerprint density at radius 2 is 2.22 bits per heavy atom. The largest absolute Gasteiger partial charge is 0.478 e. The minimum absolute atomic E-state index is 0.0892. The van der Waals surface area contributed by atoms with Crippen molar-refractivity contribution in [1.82, 2.24) is 9.97 Å². The molecule has 2 aliphatic rings. The highest BCUT2D eigenvalue weighted by Crippen LogP contribution is 2.41. The van der Waals surface area contributed by atoms with Gasteiger partial charge < -0.3 is 25.6 Å². The van der Waals surface area contributed by atoms with Crippen molar-refractivity contribution in [2.75, 3.05) is 29.4 Å². The van der Waals surface area contributed by atoms with Crippen LogP contribution in [-0.4, -0.2) is 46.7 Å². The van der Waals surface area contributed by atoms with Crippen molar-refractivity contribution in [3.63, 3.8) is 0 Å². The van der Waals surface area contributed by atoms with Crippen LogP contribution in [0.2, 0.25) is 5.02 Å². The van der Waals surface area contributed by atoms with E-state index >= 15 is 0 Å². The molecule has 0 unspecified atom stereocenters. The van der Waals surface area contributed by atoms with E-state index in [2.05, 4.69) is 14.9 Å². The maximum absolute atomic E-state index is 11.4. The number of allylic oxidation sites excluding steroid dienone is 2. The number of nitrogens with two attached hydrogens (primary N) is 1. The summed E-state index contributed by atoms with van der Waals surface area (Å²) in [7, 11) is 0. The number of hydrogen-bond donors (Lipinski definition) is 3. The normalized spacial score (nSPS) is 20.6. The van der Waals surface area contributed by atoms with E-state index in [0.29, 0.717) is 22.2 Å². The van der Waals surface area contributed by atoms with Gasteiger partial charge in [0, 0.05) is 31.5 Å². The Hall–Kier alpha value is -2.22. The number of carboxylic acid groups (broad SMARTS) is 1. The molecule has 4 N–H and O–H groups in total. The summed E-state index contributed by atoms with van der Waals surface area (Å²) in [6.07, 6.45) is 8.57. The number of aliphatic carboxylic acids is 1. The fraction of sp³-hybridized carbons (Fsp3) is 0.333. The predicted molar refractivity (Wildman–Crippen MR) is 108 cm³/mol. The van der Waals surface area contributed by atoms with Crippen molar-refractivity contribution in [1.29, 1.82) is 0 Å². The fourth-order valence-corrected chi connectivity index (χ4v) is 4.21. The van der Waals surface area contributed by atoms with E-state index in [1.807, 2.05) is 0 Å². The Balaban J connectivity index is 1.82. The van der Waals surface area contributed by atoms with Gasteiger partial charge in [-0.3, -0.25) is 0 Å². The highest BCUT2D eigenvalue weighted by molar-refractivity contribution is 6.35. The van der Waals surface area contributed by atoms with E-state index < -0.39 is 5.97 Å². The van der Waals surface area contributed by atoms with Gasteiger partial charge in [0.15, 0.2) is 0 Å². The summed E-state index contributed by atoms with van der Waals surface area (Å²) in [5.74, 6) is -0.996. The number of aromatic amines is 1. The van der Waals surface area contributed by atoms with Crippen LogP contribution in [-0.2, 0) is 4.79 Å². The Bertz CT molecular complexity index is 968. The van der Waals surface area contributed by atoms with Gasteiger partial charge in [-0.2, -0.15) is 0 Å². The summed E-state index contributed by atoms with van der Waals surface area (Å²) in [5, 5.41) is 11.1.